The number of benzene rings is 2. The van der Waals surface area contributed by atoms with Crippen LogP contribution in [0.15, 0.2) is 42.5 Å². The summed E-state index contributed by atoms with van der Waals surface area (Å²) in [6.07, 6.45) is 0.368. The molecular formula is C16H17F2NO. The summed E-state index contributed by atoms with van der Waals surface area (Å²) in [6.45, 7) is 0. The average molecular weight is 277 g/mol. The van der Waals surface area contributed by atoms with E-state index in [1.807, 2.05) is 24.3 Å². The number of hydrogen-bond acceptors (Lipinski definition) is 2. The largest absolute Gasteiger partial charge is 0.497 e. The van der Waals surface area contributed by atoms with E-state index in [-0.39, 0.29) is 6.04 Å². The smallest absolute Gasteiger partial charge is 0.126 e. The maximum Gasteiger partial charge on any atom is 0.126 e. The van der Waals surface area contributed by atoms with Crippen molar-refractivity contribution in [2.24, 2.45) is 0 Å². The van der Waals surface area contributed by atoms with Crippen molar-refractivity contribution >= 4 is 0 Å². The molecule has 0 amide bonds. The molecule has 106 valence electrons. The fourth-order valence-electron chi connectivity index (χ4n) is 2.16. The van der Waals surface area contributed by atoms with E-state index in [4.69, 9.17) is 4.74 Å². The number of nitrogens with one attached hydrogen (secondary N) is 1. The van der Waals surface area contributed by atoms with E-state index < -0.39 is 11.6 Å². The highest BCUT2D eigenvalue weighted by atomic mass is 19.1. The third kappa shape index (κ3) is 3.33. The van der Waals surface area contributed by atoms with E-state index in [9.17, 15) is 8.78 Å². The van der Waals surface area contributed by atoms with Crippen LogP contribution in [0.25, 0.3) is 0 Å². The molecule has 1 atom stereocenters. The lowest BCUT2D eigenvalue weighted by molar-refractivity contribution is 0.413. The minimum atomic E-state index is -0.429. The zero-order chi connectivity index (χ0) is 14.5. The molecule has 2 aromatic rings. The van der Waals surface area contributed by atoms with Crippen molar-refractivity contribution in [3.05, 3.63) is 65.2 Å². The van der Waals surface area contributed by atoms with Gasteiger partial charge in [-0.3, -0.25) is 0 Å². The summed E-state index contributed by atoms with van der Waals surface area (Å²) in [4.78, 5) is 0. The minimum Gasteiger partial charge on any atom is -0.497 e. The maximum atomic E-state index is 13.7. The Morgan fingerprint density at radius 1 is 1.15 bits per heavy atom. The van der Waals surface area contributed by atoms with Crippen molar-refractivity contribution in [3.63, 3.8) is 0 Å². The molecule has 0 bridgehead atoms. The molecule has 0 saturated carbocycles. The first-order chi connectivity index (χ1) is 9.63. The molecule has 4 heteroatoms. The minimum absolute atomic E-state index is 0.110. The van der Waals surface area contributed by atoms with E-state index in [1.54, 1.807) is 14.2 Å². The number of likely N-dealkylation sites (N-methyl/N-ethyl adjacent to an activating group) is 1. The van der Waals surface area contributed by atoms with Crippen LogP contribution >= 0.6 is 0 Å². The van der Waals surface area contributed by atoms with Gasteiger partial charge in [0.2, 0.25) is 0 Å². The Morgan fingerprint density at radius 3 is 2.65 bits per heavy atom. The molecule has 1 unspecified atom stereocenters. The van der Waals surface area contributed by atoms with Crippen LogP contribution in [-0.4, -0.2) is 14.2 Å². The standard InChI is InChI=1S/C16H17F2NO/c1-19-16(11-4-3-5-14(9-11)20-2)10-12-8-13(17)6-7-15(12)18/h3-9,16,19H,10H2,1-2H3. The SMILES string of the molecule is CNC(Cc1cc(F)ccc1F)c1cccc(OC)c1. The highest BCUT2D eigenvalue weighted by molar-refractivity contribution is 5.32. The number of ether oxygens (including phenoxy) is 1. The molecule has 0 radical (unpaired) electrons. The maximum absolute atomic E-state index is 13.7. The summed E-state index contributed by atoms with van der Waals surface area (Å²) in [6, 6.07) is 10.9. The average Bonchev–Trinajstić information content (AvgIpc) is 2.48. The fraction of sp³-hybridized carbons (Fsp3) is 0.250. The molecule has 2 rings (SSSR count). The van der Waals surface area contributed by atoms with Crippen LogP contribution in [0, 0.1) is 11.6 Å². The Kier molecular flexibility index (Phi) is 4.69. The molecule has 0 aliphatic heterocycles. The lowest BCUT2D eigenvalue weighted by Gasteiger charge is -2.18. The molecular weight excluding hydrogens is 260 g/mol. The zero-order valence-electron chi connectivity index (χ0n) is 11.5. The van der Waals surface area contributed by atoms with Crippen LogP contribution in [0.3, 0.4) is 0 Å². The molecule has 0 spiro atoms. The van der Waals surface area contributed by atoms with Gasteiger partial charge in [-0.1, -0.05) is 12.1 Å². The summed E-state index contributed by atoms with van der Waals surface area (Å²) < 4.78 is 32.1. The predicted molar refractivity (Wildman–Crippen MR) is 74.9 cm³/mol. The quantitative estimate of drug-likeness (QED) is 0.903. The van der Waals surface area contributed by atoms with Crippen LogP contribution in [-0.2, 0) is 6.42 Å². The summed E-state index contributed by atoms with van der Waals surface area (Å²) in [7, 11) is 3.39. The van der Waals surface area contributed by atoms with Crippen molar-refractivity contribution in [3.8, 4) is 5.75 Å². The van der Waals surface area contributed by atoms with E-state index in [0.717, 1.165) is 23.4 Å². The van der Waals surface area contributed by atoms with Gasteiger partial charge in [0.25, 0.3) is 0 Å². The van der Waals surface area contributed by atoms with Crippen molar-refractivity contribution < 1.29 is 13.5 Å². The topological polar surface area (TPSA) is 21.3 Å². The van der Waals surface area contributed by atoms with Crippen LogP contribution in [0.1, 0.15) is 17.2 Å². The van der Waals surface area contributed by atoms with Crippen molar-refractivity contribution in [2.45, 2.75) is 12.5 Å². The molecule has 0 saturated heterocycles. The van der Waals surface area contributed by atoms with Gasteiger partial charge in [0.05, 0.1) is 7.11 Å². The predicted octanol–water partition coefficient (Wildman–Crippen LogP) is 3.48. The van der Waals surface area contributed by atoms with Gasteiger partial charge in [-0.05, 0) is 54.9 Å². The Bertz CT molecular complexity index is 586. The van der Waals surface area contributed by atoms with Crippen LogP contribution < -0.4 is 10.1 Å². The lowest BCUT2D eigenvalue weighted by atomic mass is 9.98. The molecule has 0 aliphatic carbocycles. The highest BCUT2D eigenvalue weighted by Crippen LogP contribution is 2.23. The van der Waals surface area contributed by atoms with Crippen molar-refractivity contribution in [1.29, 1.82) is 0 Å². The van der Waals surface area contributed by atoms with E-state index >= 15 is 0 Å². The second-order valence-corrected chi connectivity index (χ2v) is 4.56. The van der Waals surface area contributed by atoms with Crippen LogP contribution in [0.4, 0.5) is 8.78 Å². The Hall–Kier alpha value is -1.94. The summed E-state index contributed by atoms with van der Waals surface area (Å²) in [5, 5.41) is 3.12. The molecule has 20 heavy (non-hydrogen) atoms. The summed E-state index contributed by atoms with van der Waals surface area (Å²) in [5.74, 6) is -0.0843. The van der Waals surface area contributed by atoms with Gasteiger partial charge in [-0.15, -0.1) is 0 Å². The monoisotopic (exact) mass is 277 g/mol. The lowest BCUT2D eigenvalue weighted by Crippen LogP contribution is -2.19. The summed E-state index contributed by atoms with van der Waals surface area (Å²) >= 11 is 0. The van der Waals surface area contributed by atoms with Crippen molar-refractivity contribution in [1.82, 2.24) is 5.32 Å². The van der Waals surface area contributed by atoms with Gasteiger partial charge in [0.1, 0.15) is 17.4 Å². The number of rotatable bonds is 5. The Labute approximate surface area is 117 Å². The number of halogens is 2. The zero-order valence-corrected chi connectivity index (χ0v) is 11.5. The first kappa shape index (κ1) is 14.5. The first-order valence-corrected chi connectivity index (χ1v) is 6.39. The van der Waals surface area contributed by atoms with Crippen LogP contribution in [0.2, 0.25) is 0 Å². The molecule has 0 heterocycles. The molecule has 2 aromatic carbocycles. The van der Waals surface area contributed by atoms with Crippen LogP contribution in [0.5, 0.6) is 5.75 Å². The second kappa shape index (κ2) is 6.48. The molecule has 0 aromatic heterocycles. The Balaban J connectivity index is 2.26. The van der Waals surface area contributed by atoms with Gasteiger partial charge >= 0.3 is 0 Å². The summed E-state index contributed by atoms with van der Waals surface area (Å²) in [5.41, 5.74) is 1.32. The van der Waals surface area contributed by atoms with Gasteiger partial charge in [-0.2, -0.15) is 0 Å². The number of hydrogen-bond donors (Lipinski definition) is 1. The highest BCUT2D eigenvalue weighted by Gasteiger charge is 2.14. The van der Waals surface area contributed by atoms with Gasteiger partial charge in [0, 0.05) is 6.04 Å². The number of methoxy groups -OCH3 is 1. The first-order valence-electron chi connectivity index (χ1n) is 6.39. The van der Waals surface area contributed by atoms with Crippen molar-refractivity contribution in [2.75, 3.05) is 14.2 Å². The Morgan fingerprint density at radius 2 is 1.95 bits per heavy atom. The third-order valence-electron chi connectivity index (χ3n) is 3.28. The third-order valence-corrected chi connectivity index (χ3v) is 3.28. The second-order valence-electron chi connectivity index (χ2n) is 4.56. The van der Waals surface area contributed by atoms with E-state index in [1.165, 1.54) is 6.07 Å². The molecule has 0 aliphatic rings. The van der Waals surface area contributed by atoms with Gasteiger partial charge in [0.15, 0.2) is 0 Å². The van der Waals surface area contributed by atoms with E-state index in [0.29, 0.717) is 12.0 Å². The van der Waals surface area contributed by atoms with Gasteiger partial charge < -0.3 is 10.1 Å². The normalized spacial score (nSPS) is 12.2. The fourth-order valence-corrected chi connectivity index (χ4v) is 2.16. The van der Waals surface area contributed by atoms with Gasteiger partial charge in [-0.25, -0.2) is 8.78 Å². The molecule has 2 nitrogen and oxygen atoms in total. The van der Waals surface area contributed by atoms with E-state index in [2.05, 4.69) is 5.32 Å². The molecule has 0 fully saturated rings. The molecule has 1 N–H and O–H groups in total.